The molecular weight excluding hydrogens is 162 g/mol. The number of carbonyl (C=O) groups excluding carboxylic acids is 1. The van der Waals surface area contributed by atoms with Crippen molar-refractivity contribution in [3.8, 4) is 0 Å². The van der Waals surface area contributed by atoms with E-state index in [1.807, 2.05) is 12.1 Å². The van der Waals surface area contributed by atoms with E-state index in [0.29, 0.717) is 5.92 Å². The van der Waals surface area contributed by atoms with Crippen LogP contribution in [0.4, 0.5) is 0 Å². The van der Waals surface area contributed by atoms with Crippen LogP contribution in [0.5, 0.6) is 0 Å². The number of aromatic nitrogens is 1. The van der Waals surface area contributed by atoms with E-state index in [1.54, 1.807) is 12.4 Å². The van der Waals surface area contributed by atoms with Crippen molar-refractivity contribution >= 4 is 6.29 Å². The summed E-state index contributed by atoms with van der Waals surface area (Å²) in [7, 11) is 0. The van der Waals surface area contributed by atoms with Crippen molar-refractivity contribution in [2.45, 2.75) is 19.3 Å². The van der Waals surface area contributed by atoms with Gasteiger partial charge in [-0.15, -0.1) is 0 Å². The van der Waals surface area contributed by atoms with Crippen LogP contribution in [-0.4, -0.2) is 11.3 Å². The highest BCUT2D eigenvalue weighted by Crippen LogP contribution is 2.37. The second-order valence-corrected chi connectivity index (χ2v) is 3.70. The molecule has 1 heterocycles. The Hall–Kier alpha value is -1.18. The van der Waals surface area contributed by atoms with E-state index in [1.165, 1.54) is 18.4 Å². The summed E-state index contributed by atoms with van der Waals surface area (Å²) >= 11 is 0. The Morgan fingerprint density at radius 3 is 2.69 bits per heavy atom. The number of pyridine rings is 1. The summed E-state index contributed by atoms with van der Waals surface area (Å²) in [6.45, 7) is 0. The summed E-state index contributed by atoms with van der Waals surface area (Å²) in [5, 5.41) is 0. The lowest BCUT2D eigenvalue weighted by molar-refractivity contribution is -0.111. The van der Waals surface area contributed by atoms with Gasteiger partial charge in [0.15, 0.2) is 0 Å². The molecule has 13 heavy (non-hydrogen) atoms. The van der Waals surface area contributed by atoms with Crippen LogP contribution in [0, 0.1) is 11.8 Å². The highest BCUT2D eigenvalue weighted by atomic mass is 16.1. The SMILES string of the molecule is O=CC(Cc1ccncc1)C1CC1. The van der Waals surface area contributed by atoms with Gasteiger partial charge in [-0.1, -0.05) is 0 Å². The zero-order valence-corrected chi connectivity index (χ0v) is 7.52. The number of hydrogen-bond acceptors (Lipinski definition) is 2. The Labute approximate surface area is 78.0 Å². The lowest BCUT2D eigenvalue weighted by atomic mass is 9.97. The van der Waals surface area contributed by atoms with Crippen LogP contribution in [0.25, 0.3) is 0 Å². The Morgan fingerprint density at radius 1 is 1.46 bits per heavy atom. The fraction of sp³-hybridized carbons (Fsp3) is 0.455. The Morgan fingerprint density at radius 2 is 2.15 bits per heavy atom. The summed E-state index contributed by atoms with van der Waals surface area (Å²) in [4.78, 5) is 14.7. The van der Waals surface area contributed by atoms with Crippen molar-refractivity contribution in [1.82, 2.24) is 4.98 Å². The van der Waals surface area contributed by atoms with Gasteiger partial charge >= 0.3 is 0 Å². The van der Waals surface area contributed by atoms with Gasteiger partial charge < -0.3 is 4.79 Å². The maximum Gasteiger partial charge on any atom is 0.123 e. The van der Waals surface area contributed by atoms with Crippen molar-refractivity contribution in [1.29, 1.82) is 0 Å². The lowest BCUT2D eigenvalue weighted by Crippen LogP contribution is -2.08. The van der Waals surface area contributed by atoms with Crippen LogP contribution in [0.1, 0.15) is 18.4 Å². The standard InChI is InChI=1S/C11H13NO/c13-8-11(10-1-2-10)7-9-3-5-12-6-4-9/h3-6,8,10-11H,1-2,7H2. The third-order valence-electron chi connectivity index (χ3n) is 2.62. The minimum atomic E-state index is 0.238. The molecule has 1 unspecified atom stereocenters. The molecule has 0 N–H and O–H groups in total. The van der Waals surface area contributed by atoms with Gasteiger partial charge in [-0.05, 0) is 42.9 Å². The van der Waals surface area contributed by atoms with Crippen molar-refractivity contribution in [2.75, 3.05) is 0 Å². The van der Waals surface area contributed by atoms with Gasteiger partial charge in [0.2, 0.25) is 0 Å². The molecular formula is C11H13NO. The van der Waals surface area contributed by atoms with Gasteiger partial charge in [0.1, 0.15) is 6.29 Å². The molecule has 1 aliphatic carbocycles. The number of rotatable bonds is 4. The van der Waals surface area contributed by atoms with Crippen molar-refractivity contribution in [2.24, 2.45) is 11.8 Å². The van der Waals surface area contributed by atoms with E-state index in [4.69, 9.17) is 0 Å². The van der Waals surface area contributed by atoms with Crippen LogP contribution in [0.15, 0.2) is 24.5 Å². The largest absolute Gasteiger partial charge is 0.303 e. The molecule has 0 aromatic carbocycles. The summed E-state index contributed by atoms with van der Waals surface area (Å²) in [5.74, 6) is 0.896. The maximum atomic E-state index is 10.8. The molecule has 1 atom stereocenters. The molecule has 0 saturated heterocycles. The lowest BCUT2D eigenvalue weighted by Gasteiger charge is -2.07. The van der Waals surface area contributed by atoms with E-state index in [-0.39, 0.29) is 5.92 Å². The molecule has 2 heteroatoms. The minimum absolute atomic E-state index is 0.238. The highest BCUT2D eigenvalue weighted by Gasteiger charge is 2.30. The summed E-state index contributed by atoms with van der Waals surface area (Å²) in [6.07, 6.45) is 8.02. The first-order chi connectivity index (χ1) is 6.40. The predicted molar refractivity (Wildman–Crippen MR) is 50.2 cm³/mol. The molecule has 1 fully saturated rings. The molecule has 0 radical (unpaired) electrons. The first-order valence-corrected chi connectivity index (χ1v) is 4.74. The highest BCUT2D eigenvalue weighted by molar-refractivity contribution is 5.55. The number of hydrogen-bond donors (Lipinski definition) is 0. The molecule has 0 aliphatic heterocycles. The number of carbonyl (C=O) groups is 1. The van der Waals surface area contributed by atoms with E-state index in [2.05, 4.69) is 4.98 Å². The van der Waals surface area contributed by atoms with Crippen LogP contribution >= 0.6 is 0 Å². The van der Waals surface area contributed by atoms with E-state index in [9.17, 15) is 4.79 Å². The smallest absolute Gasteiger partial charge is 0.123 e. The molecule has 0 spiro atoms. The second-order valence-electron chi connectivity index (χ2n) is 3.70. The second kappa shape index (κ2) is 3.69. The quantitative estimate of drug-likeness (QED) is 0.654. The molecule has 0 bridgehead atoms. The molecule has 1 aromatic rings. The summed E-state index contributed by atoms with van der Waals surface area (Å²) < 4.78 is 0. The zero-order valence-electron chi connectivity index (χ0n) is 7.52. The molecule has 68 valence electrons. The predicted octanol–water partition coefficient (Wildman–Crippen LogP) is 1.85. The first-order valence-electron chi connectivity index (χ1n) is 4.74. The normalized spacial score (nSPS) is 18.2. The van der Waals surface area contributed by atoms with Crippen LogP contribution in [0.2, 0.25) is 0 Å². The van der Waals surface area contributed by atoms with E-state index >= 15 is 0 Å². The maximum absolute atomic E-state index is 10.8. The fourth-order valence-electron chi connectivity index (χ4n) is 1.64. The Balaban J connectivity index is 1.99. The van der Waals surface area contributed by atoms with E-state index < -0.39 is 0 Å². The molecule has 2 rings (SSSR count). The van der Waals surface area contributed by atoms with Gasteiger partial charge in [-0.3, -0.25) is 4.98 Å². The average Bonchev–Trinajstić information content (AvgIpc) is 2.99. The summed E-state index contributed by atoms with van der Waals surface area (Å²) in [5.41, 5.74) is 1.22. The first kappa shape index (κ1) is 8.42. The summed E-state index contributed by atoms with van der Waals surface area (Å²) in [6, 6.07) is 3.97. The molecule has 1 aliphatic rings. The minimum Gasteiger partial charge on any atom is -0.303 e. The molecule has 1 aromatic heterocycles. The van der Waals surface area contributed by atoms with Crippen molar-refractivity contribution in [3.05, 3.63) is 30.1 Å². The average molecular weight is 175 g/mol. The topological polar surface area (TPSA) is 30.0 Å². The third-order valence-corrected chi connectivity index (χ3v) is 2.62. The zero-order chi connectivity index (χ0) is 9.10. The fourth-order valence-corrected chi connectivity index (χ4v) is 1.64. The van der Waals surface area contributed by atoms with Crippen LogP contribution in [-0.2, 0) is 11.2 Å². The molecule has 2 nitrogen and oxygen atoms in total. The number of aldehydes is 1. The Bertz CT molecular complexity index is 279. The van der Waals surface area contributed by atoms with E-state index in [0.717, 1.165) is 12.7 Å². The van der Waals surface area contributed by atoms with Crippen molar-refractivity contribution < 1.29 is 4.79 Å². The number of nitrogens with zero attached hydrogens (tertiary/aromatic N) is 1. The van der Waals surface area contributed by atoms with Gasteiger partial charge in [0.05, 0.1) is 0 Å². The van der Waals surface area contributed by atoms with Gasteiger partial charge in [-0.2, -0.15) is 0 Å². The van der Waals surface area contributed by atoms with Crippen LogP contribution < -0.4 is 0 Å². The van der Waals surface area contributed by atoms with Gasteiger partial charge in [-0.25, -0.2) is 0 Å². The molecule has 1 saturated carbocycles. The molecule has 0 amide bonds. The van der Waals surface area contributed by atoms with Crippen LogP contribution in [0.3, 0.4) is 0 Å². The van der Waals surface area contributed by atoms with Crippen molar-refractivity contribution in [3.63, 3.8) is 0 Å². The Kier molecular flexibility index (Phi) is 2.39. The monoisotopic (exact) mass is 175 g/mol. The van der Waals surface area contributed by atoms with Gasteiger partial charge in [0, 0.05) is 18.3 Å². The van der Waals surface area contributed by atoms with Gasteiger partial charge in [0.25, 0.3) is 0 Å². The third kappa shape index (κ3) is 2.14.